The Kier molecular flexibility index (Phi) is 6.75. The number of aromatic nitrogens is 2. The summed E-state index contributed by atoms with van der Waals surface area (Å²) in [5.41, 5.74) is 1.02. The number of urea groups is 1. The monoisotopic (exact) mass is 340 g/mol. The van der Waals surface area contributed by atoms with Gasteiger partial charge < -0.3 is 10.4 Å². The van der Waals surface area contributed by atoms with Crippen LogP contribution in [0.3, 0.4) is 0 Å². The maximum Gasteiger partial charge on any atom is 0.321 e. The largest absolute Gasteiger partial charge is 0.396 e. The average molecular weight is 340 g/mol. The minimum atomic E-state index is -0.285. The second-order valence-corrected chi connectivity index (χ2v) is 6.68. The number of hydrogen-bond donors (Lipinski definition) is 3. The van der Waals surface area contributed by atoms with Gasteiger partial charge in [-0.2, -0.15) is 11.3 Å². The number of carbonyl (C=O) groups excluding carboxylic acids is 1. The van der Waals surface area contributed by atoms with E-state index in [-0.39, 0.29) is 12.6 Å². The molecular formula is C14H20N4O2S2. The van der Waals surface area contributed by atoms with Crippen molar-refractivity contribution in [2.75, 3.05) is 18.5 Å². The highest BCUT2D eigenvalue weighted by molar-refractivity contribution is 7.19. The first-order valence-electron chi connectivity index (χ1n) is 7.24. The summed E-state index contributed by atoms with van der Waals surface area (Å²) in [4.78, 5) is 11.9. The molecular weight excluding hydrogens is 320 g/mol. The molecule has 0 saturated heterocycles. The van der Waals surface area contributed by atoms with E-state index in [1.54, 1.807) is 11.3 Å². The van der Waals surface area contributed by atoms with Crippen molar-refractivity contribution in [3.8, 4) is 10.6 Å². The topological polar surface area (TPSA) is 87.1 Å². The minimum Gasteiger partial charge on any atom is -0.396 e. The van der Waals surface area contributed by atoms with Gasteiger partial charge in [-0.15, -0.1) is 10.2 Å². The van der Waals surface area contributed by atoms with Crippen molar-refractivity contribution in [2.24, 2.45) is 5.92 Å². The zero-order chi connectivity index (χ0) is 15.8. The normalized spacial score (nSPS) is 12.1. The molecule has 2 aromatic rings. The Labute approximate surface area is 137 Å². The third-order valence-electron chi connectivity index (χ3n) is 3.20. The molecule has 2 rings (SSSR count). The van der Waals surface area contributed by atoms with Gasteiger partial charge in [-0.3, -0.25) is 5.32 Å². The Morgan fingerprint density at radius 2 is 2.27 bits per heavy atom. The molecule has 8 heteroatoms. The SMILES string of the molecule is CCCC(CCO)CNC(=O)Nc1nnc(-c2ccsc2)s1. The van der Waals surface area contributed by atoms with E-state index in [4.69, 9.17) is 5.11 Å². The van der Waals surface area contributed by atoms with Gasteiger partial charge >= 0.3 is 6.03 Å². The van der Waals surface area contributed by atoms with Gasteiger partial charge in [-0.1, -0.05) is 24.7 Å². The molecule has 120 valence electrons. The zero-order valence-corrected chi connectivity index (χ0v) is 14.0. The van der Waals surface area contributed by atoms with Gasteiger partial charge in [0.05, 0.1) is 0 Å². The summed E-state index contributed by atoms with van der Waals surface area (Å²) in [7, 11) is 0. The molecule has 0 aromatic carbocycles. The highest BCUT2D eigenvalue weighted by Gasteiger charge is 2.12. The molecule has 0 bridgehead atoms. The molecule has 0 spiro atoms. The summed E-state index contributed by atoms with van der Waals surface area (Å²) in [5.74, 6) is 0.302. The summed E-state index contributed by atoms with van der Waals surface area (Å²) in [6.07, 6.45) is 2.73. The number of hydrogen-bond acceptors (Lipinski definition) is 6. The van der Waals surface area contributed by atoms with Gasteiger partial charge in [0.25, 0.3) is 0 Å². The highest BCUT2D eigenvalue weighted by Crippen LogP contribution is 2.27. The molecule has 0 aliphatic rings. The summed E-state index contributed by atoms with van der Waals surface area (Å²) < 4.78 is 0. The Morgan fingerprint density at radius 3 is 2.95 bits per heavy atom. The number of amides is 2. The fourth-order valence-electron chi connectivity index (χ4n) is 2.09. The van der Waals surface area contributed by atoms with E-state index >= 15 is 0 Å². The van der Waals surface area contributed by atoms with Crippen LogP contribution in [-0.2, 0) is 0 Å². The number of nitrogens with one attached hydrogen (secondary N) is 2. The van der Waals surface area contributed by atoms with E-state index in [2.05, 4.69) is 27.8 Å². The van der Waals surface area contributed by atoms with Crippen molar-refractivity contribution in [2.45, 2.75) is 26.2 Å². The van der Waals surface area contributed by atoms with E-state index in [1.807, 2.05) is 16.8 Å². The lowest BCUT2D eigenvalue weighted by atomic mass is 10.0. The highest BCUT2D eigenvalue weighted by atomic mass is 32.1. The van der Waals surface area contributed by atoms with Crippen LogP contribution >= 0.6 is 22.7 Å². The lowest BCUT2D eigenvalue weighted by Crippen LogP contribution is -2.33. The van der Waals surface area contributed by atoms with Crippen LogP contribution in [0.25, 0.3) is 10.6 Å². The van der Waals surface area contributed by atoms with Crippen LogP contribution in [-0.4, -0.2) is 34.5 Å². The molecule has 6 nitrogen and oxygen atoms in total. The smallest absolute Gasteiger partial charge is 0.321 e. The first kappa shape index (κ1) is 16.9. The Morgan fingerprint density at radius 1 is 1.41 bits per heavy atom. The summed E-state index contributed by atoms with van der Waals surface area (Å²) >= 11 is 2.94. The van der Waals surface area contributed by atoms with E-state index in [0.717, 1.165) is 23.4 Å². The van der Waals surface area contributed by atoms with Crippen LogP contribution in [0.15, 0.2) is 16.8 Å². The van der Waals surface area contributed by atoms with Crippen LogP contribution in [0.2, 0.25) is 0 Å². The number of aliphatic hydroxyl groups is 1. The van der Waals surface area contributed by atoms with Crippen molar-refractivity contribution in [3.63, 3.8) is 0 Å². The van der Waals surface area contributed by atoms with Crippen LogP contribution in [0.4, 0.5) is 9.93 Å². The van der Waals surface area contributed by atoms with Gasteiger partial charge in [-0.05, 0) is 30.2 Å². The summed E-state index contributed by atoms with van der Waals surface area (Å²) in [5, 5.41) is 27.8. The fourth-order valence-corrected chi connectivity index (χ4v) is 3.54. The fraction of sp³-hybridized carbons (Fsp3) is 0.500. The maximum atomic E-state index is 11.9. The summed E-state index contributed by atoms with van der Waals surface area (Å²) in [6, 6.07) is 1.69. The molecule has 1 atom stereocenters. The van der Waals surface area contributed by atoms with Gasteiger partial charge in [0.1, 0.15) is 5.01 Å². The molecule has 0 saturated carbocycles. The molecule has 0 aliphatic carbocycles. The number of anilines is 1. The standard InChI is InChI=1S/C14H20N4O2S2/c1-2-3-10(4-6-19)8-15-13(20)16-14-18-17-12(22-14)11-5-7-21-9-11/h5,7,9-10,19H,2-4,6,8H2,1H3,(H2,15,16,18,20). The molecule has 2 amide bonds. The van der Waals surface area contributed by atoms with E-state index in [1.165, 1.54) is 11.3 Å². The van der Waals surface area contributed by atoms with Gasteiger partial charge in [0.2, 0.25) is 5.13 Å². The van der Waals surface area contributed by atoms with E-state index in [0.29, 0.717) is 24.0 Å². The van der Waals surface area contributed by atoms with E-state index in [9.17, 15) is 4.79 Å². The van der Waals surface area contributed by atoms with Crippen molar-refractivity contribution in [3.05, 3.63) is 16.8 Å². The third-order valence-corrected chi connectivity index (χ3v) is 4.77. The van der Waals surface area contributed by atoms with Crippen LogP contribution < -0.4 is 10.6 Å². The molecule has 0 aliphatic heterocycles. The van der Waals surface area contributed by atoms with E-state index < -0.39 is 0 Å². The number of thiophene rings is 1. The number of nitrogens with zero attached hydrogens (tertiary/aromatic N) is 2. The van der Waals surface area contributed by atoms with Crippen LogP contribution in [0.5, 0.6) is 0 Å². The zero-order valence-electron chi connectivity index (χ0n) is 12.4. The van der Waals surface area contributed by atoms with Gasteiger partial charge in [-0.25, -0.2) is 4.79 Å². The molecule has 1 unspecified atom stereocenters. The average Bonchev–Trinajstić information content (AvgIpc) is 3.16. The Bertz CT molecular complexity index is 565. The van der Waals surface area contributed by atoms with Gasteiger partial charge in [0.15, 0.2) is 0 Å². The molecule has 2 aromatic heterocycles. The first-order valence-corrected chi connectivity index (χ1v) is 9.00. The van der Waals surface area contributed by atoms with Crippen LogP contribution in [0.1, 0.15) is 26.2 Å². The predicted octanol–water partition coefficient (Wildman–Crippen LogP) is 3.19. The second kappa shape index (κ2) is 8.82. The number of carbonyl (C=O) groups is 1. The molecule has 3 N–H and O–H groups in total. The van der Waals surface area contributed by atoms with Crippen molar-refractivity contribution in [1.29, 1.82) is 0 Å². The maximum absolute atomic E-state index is 11.9. The molecule has 2 heterocycles. The predicted molar refractivity (Wildman–Crippen MR) is 90.3 cm³/mol. The molecule has 0 fully saturated rings. The first-order chi connectivity index (χ1) is 10.7. The third kappa shape index (κ3) is 5.04. The minimum absolute atomic E-state index is 0.147. The Balaban J connectivity index is 1.82. The number of aliphatic hydroxyl groups excluding tert-OH is 1. The lowest BCUT2D eigenvalue weighted by Gasteiger charge is -2.15. The Hall–Kier alpha value is -1.51. The molecule has 0 radical (unpaired) electrons. The molecule has 22 heavy (non-hydrogen) atoms. The summed E-state index contributed by atoms with van der Waals surface area (Å²) in [6.45, 7) is 2.79. The van der Waals surface area contributed by atoms with Crippen molar-refractivity contribution >= 4 is 33.8 Å². The second-order valence-electron chi connectivity index (χ2n) is 4.93. The lowest BCUT2D eigenvalue weighted by molar-refractivity contribution is 0.236. The van der Waals surface area contributed by atoms with Gasteiger partial charge in [0, 0.05) is 24.1 Å². The number of rotatable bonds is 8. The van der Waals surface area contributed by atoms with Crippen LogP contribution in [0, 0.1) is 5.92 Å². The van der Waals surface area contributed by atoms with Crippen molar-refractivity contribution in [1.82, 2.24) is 15.5 Å². The van der Waals surface area contributed by atoms with Crippen molar-refractivity contribution < 1.29 is 9.90 Å². The quantitative estimate of drug-likeness (QED) is 0.689.